The van der Waals surface area contributed by atoms with Crippen molar-refractivity contribution < 1.29 is 4.79 Å². The molecule has 1 aliphatic rings. The Bertz CT molecular complexity index is 697. The maximum Gasteiger partial charge on any atom is 0.269 e. The number of hydrogen-bond donors (Lipinski definition) is 1. The van der Waals surface area contributed by atoms with E-state index in [1.54, 1.807) is 6.07 Å². The van der Waals surface area contributed by atoms with Gasteiger partial charge < -0.3 is 10.2 Å². The van der Waals surface area contributed by atoms with Gasteiger partial charge in [0.2, 0.25) is 0 Å². The van der Waals surface area contributed by atoms with Crippen molar-refractivity contribution in [2.24, 2.45) is 5.92 Å². The van der Waals surface area contributed by atoms with Crippen LogP contribution in [0.3, 0.4) is 0 Å². The van der Waals surface area contributed by atoms with Crippen LogP contribution in [0.25, 0.3) is 0 Å². The van der Waals surface area contributed by atoms with Gasteiger partial charge in [-0.05, 0) is 35.6 Å². The number of carbonyl (C=O) groups excluding carboxylic acids is 1. The van der Waals surface area contributed by atoms with Gasteiger partial charge in [-0.3, -0.25) is 4.79 Å². The van der Waals surface area contributed by atoms with E-state index in [1.165, 1.54) is 11.1 Å². The second-order valence-corrected chi connectivity index (χ2v) is 6.43. The number of nitrogens with zero attached hydrogens (tertiary/aromatic N) is 2. The van der Waals surface area contributed by atoms with Crippen LogP contribution in [0.5, 0.6) is 0 Å². The molecule has 2 heterocycles. The smallest absolute Gasteiger partial charge is 0.269 e. The van der Waals surface area contributed by atoms with Crippen molar-refractivity contribution in [3.63, 3.8) is 0 Å². The van der Waals surface area contributed by atoms with Gasteiger partial charge in [0, 0.05) is 19.6 Å². The highest BCUT2D eigenvalue weighted by atomic mass is 16.1. The van der Waals surface area contributed by atoms with Crippen LogP contribution >= 0.6 is 0 Å². The predicted octanol–water partition coefficient (Wildman–Crippen LogP) is 3.03. The van der Waals surface area contributed by atoms with E-state index in [9.17, 15) is 4.79 Å². The molecule has 2 aromatic rings. The molecule has 0 unspecified atom stereocenters. The van der Waals surface area contributed by atoms with E-state index in [2.05, 4.69) is 53.3 Å². The Labute approximate surface area is 137 Å². The third kappa shape index (κ3) is 3.70. The molecule has 1 N–H and O–H groups in total. The van der Waals surface area contributed by atoms with Crippen LogP contribution in [-0.2, 0) is 13.0 Å². The van der Waals surface area contributed by atoms with Gasteiger partial charge in [0.25, 0.3) is 5.91 Å². The van der Waals surface area contributed by atoms with E-state index >= 15 is 0 Å². The lowest BCUT2D eigenvalue weighted by Gasteiger charge is -2.30. The first-order valence-corrected chi connectivity index (χ1v) is 8.20. The molecule has 3 rings (SSSR count). The summed E-state index contributed by atoms with van der Waals surface area (Å²) in [6.07, 6.45) is 1.02. The van der Waals surface area contributed by atoms with Crippen molar-refractivity contribution >= 4 is 11.7 Å². The molecule has 1 aliphatic heterocycles. The lowest BCUT2D eigenvalue weighted by molar-refractivity contribution is 0.0944. The number of pyridine rings is 1. The number of rotatable bonds is 4. The number of anilines is 1. The number of aromatic nitrogens is 1. The summed E-state index contributed by atoms with van der Waals surface area (Å²) in [5, 5.41) is 2.92. The van der Waals surface area contributed by atoms with Gasteiger partial charge in [-0.15, -0.1) is 0 Å². The summed E-state index contributed by atoms with van der Waals surface area (Å²) in [5.41, 5.74) is 3.24. The van der Waals surface area contributed by atoms with Gasteiger partial charge in [0.15, 0.2) is 0 Å². The summed E-state index contributed by atoms with van der Waals surface area (Å²) in [6.45, 7) is 6.60. The normalized spacial score (nSPS) is 13.8. The van der Waals surface area contributed by atoms with Gasteiger partial charge in [-0.1, -0.05) is 44.2 Å². The van der Waals surface area contributed by atoms with Crippen molar-refractivity contribution in [1.29, 1.82) is 0 Å². The minimum absolute atomic E-state index is 0.0991. The van der Waals surface area contributed by atoms with Crippen LogP contribution in [0.4, 0.5) is 5.82 Å². The maximum atomic E-state index is 12.2. The van der Waals surface area contributed by atoms with Gasteiger partial charge in [-0.2, -0.15) is 0 Å². The molecule has 0 saturated heterocycles. The average Bonchev–Trinajstić information content (AvgIpc) is 2.59. The monoisotopic (exact) mass is 309 g/mol. The SMILES string of the molecule is CC(C)CNC(=O)c1cccc(N2CCc3ccccc3C2)n1. The fraction of sp³-hybridized carbons (Fsp3) is 0.368. The van der Waals surface area contributed by atoms with Crippen LogP contribution in [0.1, 0.15) is 35.5 Å². The molecule has 120 valence electrons. The maximum absolute atomic E-state index is 12.2. The van der Waals surface area contributed by atoms with Gasteiger partial charge in [0.1, 0.15) is 11.5 Å². The predicted molar refractivity (Wildman–Crippen MR) is 92.6 cm³/mol. The molecule has 0 bridgehead atoms. The fourth-order valence-corrected chi connectivity index (χ4v) is 2.80. The molecule has 4 nitrogen and oxygen atoms in total. The molecule has 23 heavy (non-hydrogen) atoms. The standard InChI is InChI=1S/C19H23N3O/c1-14(2)12-20-19(23)17-8-5-9-18(21-17)22-11-10-15-6-3-4-7-16(15)13-22/h3-9,14H,10-13H2,1-2H3,(H,20,23). The van der Waals surface area contributed by atoms with Crippen LogP contribution in [0, 0.1) is 5.92 Å². The topological polar surface area (TPSA) is 45.2 Å². The summed E-state index contributed by atoms with van der Waals surface area (Å²) in [6, 6.07) is 14.2. The molecular weight excluding hydrogens is 286 g/mol. The van der Waals surface area contributed by atoms with E-state index in [0.29, 0.717) is 18.2 Å². The minimum Gasteiger partial charge on any atom is -0.352 e. The molecular formula is C19H23N3O. The third-order valence-corrected chi connectivity index (χ3v) is 4.09. The van der Waals surface area contributed by atoms with Crippen molar-refractivity contribution in [3.8, 4) is 0 Å². The lowest BCUT2D eigenvalue weighted by atomic mass is 10.00. The zero-order chi connectivity index (χ0) is 16.2. The molecule has 0 fully saturated rings. The summed E-state index contributed by atoms with van der Waals surface area (Å²) >= 11 is 0. The summed E-state index contributed by atoms with van der Waals surface area (Å²) in [4.78, 5) is 19.0. The molecule has 4 heteroatoms. The average molecular weight is 309 g/mol. The first-order chi connectivity index (χ1) is 11.1. The lowest BCUT2D eigenvalue weighted by Crippen LogP contribution is -2.32. The van der Waals surface area contributed by atoms with E-state index < -0.39 is 0 Å². The van der Waals surface area contributed by atoms with E-state index in [0.717, 1.165) is 25.3 Å². The van der Waals surface area contributed by atoms with Crippen LogP contribution in [-0.4, -0.2) is 24.0 Å². The van der Waals surface area contributed by atoms with Gasteiger partial charge >= 0.3 is 0 Å². The Morgan fingerprint density at radius 2 is 1.96 bits per heavy atom. The highest BCUT2D eigenvalue weighted by Gasteiger charge is 2.18. The number of benzene rings is 1. The molecule has 1 aromatic carbocycles. The zero-order valence-corrected chi connectivity index (χ0v) is 13.7. The highest BCUT2D eigenvalue weighted by molar-refractivity contribution is 5.92. The Balaban J connectivity index is 1.74. The molecule has 0 aliphatic carbocycles. The molecule has 0 radical (unpaired) electrons. The van der Waals surface area contributed by atoms with E-state index in [-0.39, 0.29) is 5.91 Å². The van der Waals surface area contributed by atoms with Crippen molar-refractivity contribution in [3.05, 3.63) is 59.3 Å². The quantitative estimate of drug-likeness (QED) is 0.944. The number of amides is 1. The minimum atomic E-state index is -0.0991. The van der Waals surface area contributed by atoms with Crippen LogP contribution < -0.4 is 10.2 Å². The first-order valence-electron chi connectivity index (χ1n) is 8.20. The summed E-state index contributed by atoms with van der Waals surface area (Å²) in [5.74, 6) is 1.20. The second-order valence-electron chi connectivity index (χ2n) is 6.43. The van der Waals surface area contributed by atoms with Gasteiger partial charge in [0.05, 0.1) is 0 Å². The third-order valence-electron chi connectivity index (χ3n) is 4.09. The largest absolute Gasteiger partial charge is 0.352 e. The highest BCUT2D eigenvalue weighted by Crippen LogP contribution is 2.23. The van der Waals surface area contributed by atoms with Gasteiger partial charge in [-0.25, -0.2) is 4.98 Å². The number of fused-ring (bicyclic) bond motifs is 1. The summed E-state index contributed by atoms with van der Waals surface area (Å²) < 4.78 is 0. The zero-order valence-electron chi connectivity index (χ0n) is 13.7. The van der Waals surface area contributed by atoms with E-state index in [1.807, 2.05) is 12.1 Å². The van der Waals surface area contributed by atoms with Crippen LogP contribution in [0.15, 0.2) is 42.5 Å². The number of nitrogens with one attached hydrogen (secondary N) is 1. The molecule has 0 saturated carbocycles. The Morgan fingerprint density at radius 3 is 2.74 bits per heavy atom. The van der Waals surface area contributed by atoms with Crippen molar-refractivity contribution in [2.75, 3.05) is 18.0 Å². The molecule has 0 spiro atoms. The van der Waals surface area contributed by atoms with E-state index in [4.69, 9.17) is 0 Å². The van der Waals surface area contributed by atoms with Crippen LogP contribution in [0.2, 0.25) is 0 Å². The van der Waals surface area contributed by atoms with Crippen molar-refractivity contribution in [1.82, 2.24) is 10.3 Å². The molecule has 0 atom stereocenters. The molecule has 1 amide bonds. The Hall–Kier alpha value is -2.36. The summed E-state index contributed by atoms with van der Waals surface area (Å²) in [7, 11) is 0. The Kier molecular flexibility index (Phi) is 4.60. The van der Waals surface area contributed by atoms with Crippen molar-refractivity contribution in [2.45, 2.75) is 26.8 Å². The fourth-order valence-electron chi connectivity index (χ4n) is 2.80. The first kappa shape index (κ1) is 15.5. The number of hydrogen-bond acceptors (Lipinski definition) is 3. The molecule has 1 aromatic heterocycles. The number of carbonyl (C=O) groups is 1. The Morgan fingerprint density at radius 1 is 1.17 bits per heavy atom. The second kappa shape index (κ2) is 6.82.